The average molecular weight is 404 g/mol. The quantitative estimate of drug-likeness (QED) is 0.783. The van der Waals surface area contributed by atoms with Gasteiger partial charge in [0.05, 0.1) is 16.7 Å². The molecule has 3 heterocycles. The summed E-state index contributed by atoms with van der Waals surface area (Å²) in [4.78, 5) is 57.6. The van der Waals surface area contributed by atoms with Crippen molar-refractivity contribution in [2.24, 2.45) is 0 Å². The number of aromatic nitrogens is 1. The molecule has 152 valence electrons. The number of hydrogen-bond donors (Lipinski definition) is 1. The zero-order valence-electron chi connectivity index (χ0n) is 16.4. The molecule has 1 atom stereocenters. The summed E-state index contributed by atoms with van der Waals surface area (Å²) in [7, 11) is 1.62. The van der Waals surface area contributed by atoms with Crippen LogP contribution in [0.25, 0.3) is 0 Å². The summed E-state index contributed by atoms with van der Waals surface area (Å²) in [6.07, 6.45) is 3.89. The Morgan fingerprint density at radius 3 is 2.73 bits per heavy atom. The third kappa shape index (κ3) is 3.26. The van der Waals surface area contributed by atoms with Gasteiger partial charge in [0.25, 0.3) is 17.7 Å². The number of amides is 4. The second kappa shape index (κ2) is 7.55. The molecule has 2 aromatic rings. The Hall–Kier alpha value is -3.81. The highest BCUT2D eigenvalue weighted by Crippen LogP contribution is 2.31. The largest absolute Gasteiger partial charge is 0.337 e. The number of hydrogen-bond acceptors (Lipinski definition) is 5. The summed E-state index contributed by atoms with van der Waals surface area (Å²) < 4.78 is 0. The first kappa shape index (κ1) is 19.5. The van der Waals surface area contributed by atoms with Crippen molar-refractivity contribution in [3.63, 3.8) is 0 Å². The molecule has 30 heavy (non-hydrogen) atoms. The summed E-state index contributed by atoms with van der Waals surface area (Å²) in [5.74, 6) is -1.67. The Labute approximate surface area is 173 Å². The van der Waals surface area contributed by atoms with E-state index in [1.54, 1.807) is 43.6 Å². The molecule has 0 saturated carbocycles. The van der Waals surface area contributed by atoms with Gasteiger partial charge in [-0.2, -0.15) is 0 Å². The van der Waals surface area contributed by atoms with E-state index in [0.717, 1.165) is 4.90 Å². The van der Waals surface area contributed by atoms with E-state index in [-0.39, 0.29) is 23.6 Å². The maximum atomic E-state index is 13.2. The van der Waals surface area contributed by atoms with Gasteiger partial charge >= 0.3 is 0 Å². The van der Waals surface area contributed by atoms with Crippen LogP contribution in [-0.2, 0) is 11.3 Å². The minimum Gasteiger partial charge on any atom is -0.337 e. The number of nitrogens with one attached hydrogen (secondary N) is 1. The molecule has 4 rings (SSSR count). The van der Waals surface area contributed by atoms with Crippen molar-refractivity contribution in [2.75, 3.05) is 7.05 Å². The first-order chi connectivity index (χ1) is 14.4. The fraction of sp³-hybridized carbons (Fsp3) is 0.227. The standard InChI is InChI=1S/C22H20N4O4/c1-13-8-9-17(19(27)24-13)26-21(29)16-7-3-5-15(18(16)22(26)30)12-25(2)20(28)14-6-4-10-23-11-14/h3-7,10-11,17H,1,8-9,12H2,2H3,(H,24,27). The number of imide groups is 1. The first-order valence-corrected chi connectivity index (χ1v) is 9.52. The number of allylic oxidation sites excluding steroid dienone is 1. The Bertz CT molecular complexity index is 1080. The lowest BCUT2D eigenvalue weighted by Crippen LogP contribution is -2.51. The predicted molar refractivity (Wildman–Crippen MR) is 107 cm³/mol. The molecule has 1 N–H and O–H groups in total. The van der Waals surface area contributed by atoms with Crippen LogP contribution in [0, 0.1) is 0 Å². The van der Waals surface area contributed by atoms with Crippen LogP contribution in [0.2, 0.25) is 0 Å². The van der Waals surface area contributed by atoms with Crippen molar-refractivity contribution in [3.8, 4) is 0 Å². The van der Waals surface area contributed by atoms with E-state index in [0.29, 0.717) is 29.7 Å². The first-order valence-electron chi connectivity index (χ1n) is 9.52. The van der Waals surface area contributed by atoms with Gasteiger partial charge in [0.2, 0.25) is 5.91 Å². The number of nitrogens with zero attached hydrogens (tertiary/aromatic N) is 3. The highest BCUT2D eigenvalue weighted by Gasteiger charge is 2.44. The maximum absolute atomic E-state index is 13.2. The monoisotopic (exact) mass is 404 g/mol. The van der Waals surface area contributed by atoms with Crippen molar-refractivity contribution in [1.82, 2.24) is 20.1 Å². The molecule has 0 radical (unpaired) electrons. The van der Waals surface area contributed by atoms with Crippen LogP contribution in [0.5, 0.6) is 0 Å². The Kier molecular flexibility index (Phi) is 4.91. The van der Waals surface area contributed by atoms with Gasteiger partial charge in [0, 0.05) is 31.7 Å². The van der Waals surface area contributed by atoms with Gasteiger partial charge in [0.1, 0.15) is 6.04 Å². The summed E-state index contributed by atoms with van der Waals surface area (Å²) >= 11 is 0. The van der Waals surface area contributed by atoms with Crippen LogP contribution in [0.4, 0.5) is 0 Å². The highest BCUT2D eigenvalue weighted by molar-refractivity contribution is 6.23. The van der Waals surface area contributed by atoms with Crippen molar-refractivity contribution in [3.05, 3.63) is 77.3 Å². The van der Waals surface area contributed by atoms with Gasteiger partial charge in [0.15, 0.2) is 0 Å². The molecule has 8 nitrogen and oxygen atoms in total. The van der Waals surface area contributed by atoms with Gasteiger partial charge in [-0.1, -0.05) is 18.7 Å². The lowest BCUT2D eigenvalue weighted by molar-refractivity contribution is -0.125. The maximum Gasteiger partial charge on any atom is 0.262 e. The molecular formula is C22H20N4O4. The van der Waals surface area contributed by atoms with Crippen molar-refractivity contribution in [2.45, 2.75) is 25.4 Å². The van der Waals surface area contributed by atoms with Crippen LogP contribution in [0.15, 0.2) is 55.0 Å². The molecule has 0 bridgehead atoms. The fourth-order valence-corrected chi connectivity index (χ4v) is 3.83. The molecule has 1 aromatic heterocycles. The normalized spacial score (nSPS) is 18.3. The number of carbonyl (C=O) groups is 4. The summed E-state index contributed by atoms with van der Waals surface area (Å²) in [5, 5.41) is 2.62. The van der Waals surface area contributed by atoms with Gasteiger partial charge in [-0.3, -0.25) is 29.1 Å². The average Bonchev–Trinajstić information content (AvgIpc) is 2.99. The van der Waals surface area contributed by atoms with E-state index in [9.17, 15) is 19.2 Å². The molecule has 1 saturated heterocycles. The SMILES string of the molecule is C=C1CCC(N2C(=O)c3cccc(CN(C)C(=O)c4cccnc4)c3C2=O)C(=O)N1. The van der Waals surface area contributed by atoms with Gasteiger partial charge < -0.3 is 10.2 Å². The second-order valence-electron chi connectivity index (χ2n) is 7.37. The molecule has 2 aliphatic heterocycles. The van der Waals surface area contributed by atoms with Gasteiger partial charge in [-0.05, 0) is 36.6 Å². The minimum absolute atomic E-state index is 0.136. The molecule has 0 spiro atoms. The van der Waals surface area contributed by atoms with E-state index >= 15 is 0 Å². The number of carbonyl (C=O) groups excluding carboxylic acids is 4. The zero-order valence-corrected chi connectivity index (χ0v) is 16.4. The molecule has 2 aliphatic rings. The molecule has 4 amide bonds. The van der Waals surface area contributed by atoms with Crippen LogP contribution >= 0.6 is 0 Å². The van der Waals surface area contributed by atoms with E-state index in [2.05, 4.69) is 16.9 Å². The van der Waals surface area contributed by atoms with Crippen LogP contribution < -0.4 is 5.32 Å². The zero-order chi connectivity index (χ0) is 21.4. The van der Waals surface area contributed by atoms with Crippen LogP contribution in [0.3, 0.4) is 0 Å². The fourth-order valence-electron chi connectivity index (χ4n) is 3.83. The van der Waals surface area contributed by atoms with Crippen molar-refractivity contribution in [1.29, 1.82) is 0 Å². The highest BCUT2D eigenvalue weighted by atomic mass is 16.2. The molecule has 1 aromatic carbocycles. The van der Waals surface area contributed by atoms with Crippen molar-refractivity contribution >= 4 is 23.6 Å². The topological polar surface area (TPSA) is 99.7 Å². The number of fused-ring (bicyclic) bond motifs is 1. The predicted octanol–water partition coefficient (Wildman–Crippen LogP) is 1.74. The number of piperidine rings is 1. The smallest absolute Gasteiger partial charge is 0.262 e. The summed E-state index contributed by atoms with van der Waals surface area (Å²) in [6, 6.07) is 7.42. The molecule has 0 aliphatic carbocycles. The molecule has 8 heteroatoms. The van der Waals surface area contributed by atoms with E-state index in [1.807, 2.05) is 0 Å². The van der Waals surface area contributed by atoms with Crippen molar-refractivity contribution < 1.29 is 19.2 Å². The minimum atomic E-state index is -0.870. The number of benzene rings is 1. The molecular weight excluding hydrogens is 384 g/mol. The third-order valence-electron chi connectivity index (χ3n) is 5.33. The summed E-state index contributed by atoms with van der Waals surface area (Å²) in [5.41, 5.74) is 2.04. The van der Waals surface area contributed by atoms with Gasteiger partial charge in [-0.15, -0.1) is 0 Å². The number of rotatable bonds is 4. The van der Waals surface area contributed by atoms with E-state index < -0.39 is 23.8 Å². The van der Waals surface area contributed by atoms with E-state index in [1.165, 1.54) is 11.1 Å². The Morgan fingerprint density at radius 1 is 1.23 bits per heavy atom. The van der Waals surface area contributed by atoms with E-state index in [4.69, 9.17) is 0 Å². The Balaban J connectivity index is 1.61. The molecule has 1 fully saturated rings. The van der Waals surface area contributed by atoms with Crippen LogP contribution in [0.1, 0.15) is 49.5 Å². The lowest BCUT2D eigenvalue weighted by atomic mass is 10.0. The second-order valence-corrected chi connectivity index (χ2v) is 7.37. The Morgan fingerprint density at radius 2 is 2.03 bits per heavy atom. The summed E-state index contributed by atoms with van der Waals surface area (Å²) in [6.45, 7) is 3.87. The third-order valence-corrected chi connectivity index (χ3v) is 5.33. The molecule has 1 unspecified atom stereocenters. The van der Waals surface area contributed by atoms with Crippen LogP contribution in [-0.4, -0.2) is 51.5 Å². The number of pyridine rings is 1. The van der Waals surface area contributed by atoms with Gasteiger partial charge in [-0.25, -0.2) is 0 Å². The lowest BCUT2D eigenvalue weighted by Gasteiger charge is -2.29.